The minimum absolute atomic E-state index is 0. The van der Waals surface area contributed by atoms with Crippen molar-refractivity contribution in [3.63, 3.8) is 0 Å². The standard InChI is InChI=1S/C17H28N4OS.HI/c1-4-12-10-19-15(23-12)11-20-16(18-3)21-13-9-14(22-5-2)17(13)7-6-8-17;/h10,13-14H,4-9,11H2,1-3H3,(H2,18,20,21);1H. The summed E-state index contributed by atoms with van der Waals surface area (Å²) < 4.78 is 5.92. The molecule has 24 heavy (non-hydrogen) atoms. The van der Waals surface area contributed by atoms with Crippen molar-refractivity contribution in [1.29, 1.82) is 0 Å². The summed E-state index contributed by atoms with van der Waals surface area (Å²) in [4.78, 5) is 10.2. The molecule has 2 aliphatic rings. The van der Waals surface area contributed by atoms with Gasteiger partial charge in [-0.25, -0.2) is 4.98 Å². The van der Waals surface area contributed by atoms with Crippen LogP contribution in [0, 0.1) is 5.41 Å². The fraction of sp³-hybridized carbons (Fsp3) is 0.765. The molecular formula is C17H29IN4OS. The first-order valence-electron chi connectivity index (χ1n) is 8.74. The van der Waals surface area contributed by atoms with Crippen LogP contribution in [0.25, 0.3) is 0 Å². The van der Waals surface area contributed by atoms with E-state index >= 15 is 0 Å². The molecule has 0 aromatic carbocycles. The van der Waals surface area contributed by atoms with E-state index in [0.29, 0.717) is 17.6 Å². The zero-order valence-corrected chi connectivity index (χ0v) is 17.9. The smallest absolute Gasteiger partial charge is 0.191 e. The maximum Gasteiger partial charge on any atom is 0.191 e. The molecule has 2 N–H and O–H groups in total. The number of guanidine groups is 1. The van der Waals surface area contributed by atoms with Gasteiger partial charge in [-0.3, -0.25) is 4.99 Å². The Morgan fingerprint density at radius 1 is 1.46 bits per heavy atom. The largest absolute Gasteiger partial charge is 0.378 e. The van der Waals surface area contributed by atoms with Crippen LogP contribution >= 0.6 is 35.3 Å². The topological polar surface area (TPSA) is 58.5 Å². The van der Waals surface area contributed by atoms with Gasteiger partial charge in [0, 0.05) is 36.2 Å². The molecule has 0 amide bonds. The summed E-state index contributed by atoms with van der Waals surface area (Å²) in [5.74, 6) is 0.879. The lowest BCUT2D eigenvalue weighted by molar-refractivity contribution is -0.168. The summed E-state index contributed by atoms with van der Waals surface area (Å²) in [6.45, 7) is 5.80. The van der Waals surface area contributed by atoms with E-state index in [1.165, 1.54) is 24.1 Å². The van der Waals surface area contributed by atoms with Gasteiger partial charge in [-0.1, -0.05) is 13.3 Å². The third-order valence-electron chi connectivity index (χ3n) is 5.33. The third-order valence-corrected chi connectivity index (χ3v) is 6.47. The van der Waals surface area contributed by atoms with Crippen molar-refractivity contribution in [3.8, 4) is 0 Å². The first kappa shape index (κ1) is 19.9. The van der Waals surface area contributed by atoms with Crippen molar-refractivity contribution in [2.75, 3.05) is 13.7 Å². The molecule has 2 saturated carbocycles. The van der Waals surface area contributed by atoms with Crippen LogP contribution in [-0.2, 0) is 17.7 Å². The Balaban J connectivity index is 0.00000208. The number of thiazole rings is 1. The van der Waals surface area contributed by atoms with E-state index in [2.05, 4.69) is 34.5 Å². The number of hydrogen-bond donors (Lipinski definition) is 2. The first-order chi connectivity index (χ1) is 11.2. The summed E-state index contributed by atoms with van der Waals surface area (Å²) in [6.07, 6.45) is 8.42. The van der Waals surface area contributed by atoms with Crippen LogP contribution in [0.1, 0.15) is 49.4 Å². The van der Waals surface area contributed by atoms with Crippen molar-refractivity contribution in [2.24, 2.45) is 10.4 Å². The van der Waals surface area contributed by atoms with Crippen molar-refractivity contribution in [2.45, 2.75) is 64.6 Å². The molecule has 0 bridgehead atoms. The SMILES string of the molecule is CCOC1CC(NC(=NC)NCc2ncc(CC)s2)C12CCC2.I. The Hall–Kier alpha value is -0.410. The predicted octanol–water partition coefficient (Wildman–Crippen LogP) is 3.34. The molecule has 0 aliphatic heterocycles. The van der Waals surface area contributed by atoms with E-state index in [1.54, 1.807) is 11.3 Å². The fourth-order valence-corrected chi connectivity index (χ4v) is 4.56. The van der Waals surface area contributed by atoms with Crippen molar-refractivity contribution in [1.82, 2.24) is 15.6 Å². The van der Waals surface area contributed by atoms with Gasteiger partial charge < -0.3 is 15.4 Å². The molecule has 2 fully saturated rings. The summed E-state index contributed by atoms with van der Waals surface area (Å²) in [7, 11) is 1.83. The van der Waals surface area contributed by atoms with Gasteiger partial charge in [0.25, 0.3) is 0 Å². The Labute approximate surface area is 166 Å². The number of halogens is 1. The maximum atomic E-state index is 5.92. The summed E-state index contributed by atoms with van der Waals surface area (Å²) in [5, 5.41) is 8.13. The summed E-state index contributed by atoms with van der Waals surface area (Å²) >= 11 is 1.77. The second-order valence-electron chi connectivity index (χ2n) is 6.46. The third kappa shape index (κ3) is 3.88. The monoisotopic (exact) mass is 464 g/mol. The lowest BCUT2D eigenvalue weighted by Gasteiger charge is -2.61. The van der Waals surface area contributed by atoms with Crippen LogP contribution in [0.3, 0.4) is 0 Å². The fourth-order valence-electron chi connectivity index (χ4n) is 3.75. The van der Waals surface area contributed by atoms with Crippen molar-refractivity contribution < 1.29 is 4.74 Å². The van der Waals surface area contributed by atoms with Gasteiger partial charge in [-0.15, -0.1) is 35.3 Å². The molecule has 2 unspecified atom stereocenters. The van der Waals surface area contributed by atoms with E-state index in [9.17, 15) is 0 Å². The van der Waals surface area contributed by atoms with Gasteiger partial charge in [-0.05, 0) is 32.6 Å². The Morgan fingerprint density at radius 3 is 2.79 bits per heavy atom. The van der Waals surface area contributed by atoms with Crippen LogP contribution in [0.5, 0.6) is 0 Å². The Bertz CT molecular complexity index is 559. The number of aliphatic imine (C=N–C) groups is 1. The minimum atomic E-state index is 0. The first-order valence-corrected chi connectivity index (χ1v) is 9.55. The summed E-state index contributed by atoms with van der Waals surface area (Å²) in [6, 6.07) is 0.487. The number of rotatable bonds is 6. The average Bonchev–Trinajstić information content (AvgIpc) is 2.95. The van der Waals surface area contributed by atoms with Crippen LogP contribution in [0.2, 0.25) is 0 Å². The molecule has 3 rings (SSSR count). The minimum Gasteiger partial charge on any atom is -0.378 e. The molecule has 2 aliphatic carbocycles. The normalized spacial score (nSPS) is 24.7. The molecule has 136 valence electrons. The van der Waals surface area contributed by atoms with Crippen LogP contribution < -0.4 is 10.6 Å². The molecule has 7 heteroatoms. The predicted molar refractivity (Wildman–Crippen MR) is 110 cm³/mol. The van der Waals surface area contributed by atoms with Crippen LogP contribution in [0.4, 0.5) is 0 Å². The van der Waals surface area contributed by atoms with Crippen LogP contribution in [-0.4, -0.2) is 36.7 Å². The molecule has 1 aromatic rings. The number of aromatic nitrogens is 1. The van der Waals surface area contributed by atoms with Gasteiger partial charge in [-0.2, -0.15) is 0 Å². The molecule has 1 heterocycles. The highest BCUT2D eigenvalue weighted by Gasteiger charge is 2.59. The zero-order chi connectivity index (χ0) is 16.3. The highest BCUT2D eigenvalue weighted by atomic mass is 127. The van der Waals surface area contributed by atoms with Gasteiger partial charge in [0.05, 0.1) is 12.6 Å². The van der Waals surface area contributed by atoms with Crippen molar-refractivity contribution in [3.05, 3.63) is 16.1 Å². The second kappa shape index (κ2) is 8.80. The van der Waals surface area contributed by atoms with Gasteiger partial charge >= 0.3 is 0 Å². The Kier molecular flexibility index (Phi) is 7.30. The van der Waals surface area contributed by atoms with E-state index in [1.807, 2.05) is 13.2 Å². The molecule has 2 atom stereocenters. The molecule has 1 spiro atoms. The van der Waals surface area contributed by atoms with Gasteiger partial charge in [0.1, 0.15) is 5.01 Å². The number of aryl methyl sites for hydroxylation is 1. The average molecular weight is 464 g/mol. The van der Waals surface area contributed by atoms with E-state index in [0.717, 1.165) is 37.0 Å². The van der Waals surface area contributed by atoms with Gasteiger partial charge in [0.15, 0.2) is 5.96 Å². The highest BCUT2D eigenvalue weighted by molar-refractivity contribution is 14.0. The summed E-state index contributed by atoms with van der Waals surface area (Å²) in [5.41, 5.74) is 0.351. The number of hydrogen-bond acceptors (Lipinski definition) is 4. The zero-order valence-electron chi connectivity index (χ0n) is 14.8. The molecule has 5 nitrogen and oxygen atoms in total. The number of ether oxygens (including phenoxy) is 1. The van der Waals surface area contributed by atoms with E-state index < -0.39 is 0 Å². The molecule has 0 radical (unpaired) electrons. The van der Waals surface area contributed by atoms with Gasteiger partial charge in [0.2, 0.25) is 0 Å². The lowest BCUT2D eigenvalue weighted by atomic mass is 9.51. The lowest BCUT2D eigenvalue weighted by Crippen LogP contribution is -2.68. The van der Waals surface area contributed by atoms with E-state index in [4.69, 9.17) is 4.74 Å². The van der Waals surface area contributed by atoms with Crippen LogP contribution in [0.15, 0.2) is 11.2 Å². The molecule has 0 saturated heterocycles. The quantitative estimate of drug-likeness (QED) is 0.385. The molecule has 1 aromatic heterocycles. The number of nitrogens with zero attached hydrogens (tertiary/aromatic N) is 2. The van der Waals surface area contributed by atoms with Crippen molar-refractivity contribution >= 4 is 41.3 Å². The maximum absolute atomic E-state index is 5.92. The highest BCUT2D eigenvalue weighted by Crippen LogP contribution is 2.57. The van der Waals surface area contributed by atoms with E-state index in [-0.39, 0.29) is 24.0 Å². The molecular weight excluding hydrogens is 435 g/mol. The number of nitrogens with one attached hydrogen (secondary N) is 2. The Morgan fingerprint density at radius 2 is 2.25 bits per heavy atom. The second-order valence-corrected chi connectivity index (χ2v) is 7.66.